The maximum Gasteiger partial charge on any atom is 0.126 e. The van der Waals surface area contributed by atoms with Crippen molar-refractivity contribution < 1.29 is 4.74 Å². The Hall–Kier alpha value is -1.09. The molecule has 0 saturated carbocycles. The third-order valence-electron chi connectivity index (χ3n) is 3.50. The lowest BCUT2D eigenvalue weighted by Gasteiger charge is -2.23. The molecule has 0 spiro atoms. The van der Waals surface area contributed by atoms with Gasteiger partial charge in [0, 0.05) is 24.9 Å². The molecular formula is C13H18N2O. The van der Waals surface area contributed by atoms with Crippen LogP contribution >= 0.6 is 0 Å². The highest BCUT2D eigenvalue weighted by molar-refractivity contribution is 5.41. The average molecular weight is 218 g/mol. The van der Waals surface area contributed by atoms with Gasteiger partial charge in [-0.15, -0.1) is 0 Å². The van der Waals surface area contributed by atoms with Gasteiger partial charge in [0.25, 0.3) is 0 Å². The second-order valence-corrected chi connectivity index (χ2v) is 4.69. The van der Waals surface area contributed by atoms with Gasteiger partial charge in [-0.1, -0.05) is 6.07 Å². The Bertz CT molecular complexity index is 372. The topological polar surface area (TPSA) is 34.2 Å². The molecule has 1 aromatic rings. The SMILES string of the molecule is c1cc2c(nc1NC1CCOCC1)CCC2. The van der Waals surface area contributed by atoms with Crippen LogP contribution in [0, 0.1) is 0 Å². The number of ether oxygens (including phenoxy) is 1. The summed E-state index contributed by atoms with van der Waals surface area (Å²) in [5.74, 6) is 1.05. The van der Waals surface area contributed by atoms with E-state index in [9.17, 15) is 0 Å². The minimum Gasteiger partial charge on any atom is -0.381 e. The van der Waals surface area contributed by atoms with Crippen LogP contribution < -0.4 is 5.32 Å². The molecule has 0 atom stereocenters. The summed E-state index contributed by atoms with van der Waals surface area (Å²) in [6.07, 6.45) is 5.82. The zero-order valence-corrected chi connectivity index (χ0v) is 9.54. The van der Waals surface area contributed by atoms with Crippen LogP contribution in [0.15, 0.2) is 12.1 Å². The molecule has 1 N–H and O–H groups in total. The van der Waals surface area contributed by atoms with Crippen molar-refractivity contribution in [3.63, 3.8) is 0 Å². The van der Waals surface area contributed by atoms with Gasteiger partial charge in [-0.3, -0.25) is 0 Å². The smallest absolute Gasteiger partial charge is 0.126 e. The first-order valence-electron chi connectivity index (χ1n) is 6.25. The Labute approximate surface area is 96.2 Å². The van der Waals surface area contributed by atoms with E-state index >= 15 is 0 Å². The van der Waals surface area contributed by atoms with Crippen LogP contribution in [0.1, 0.15) is 30.5 Å². The third kappa shape index (κ3) is 2.05. The Morgan fingerprint density at radius 3 is 2.94 bits per heavy atom. The van der Waals surface area contributed by atoms with Crippen molar-refractivity contribution in [1.29, 1.82) is 0 Å². The fourth-order valence-electron chi connectivity index (χ4n) is 2.55. The lowest BCUT2D eigenvalue weighted by Crippen LogP contribution is -2.28. The number of nitrogens with one attached hydrogen (secondary N) is 1. The van der Waals surface area contributed by atoms with Gasteiger partial charge >= 0.3 is 0 Å². The molecule has 0 unspecified atom stereocenters. The van der Waals surface area contributed by atoms with Crippen molar-refractivity contribution >= 4 is 5.82 Å². The van der Waals surface area contributed by atoms with Gasteiger partial charge in [0.1, 0.15) is 5.82 Å². The normalized spacial score (nSPS) is 20.8. The Kier molecular flexibility index (Phi) is 2.79. The standard InChI is InChI=1S/C13H18N2O/c1-2-10-4-5-13(15-12(10)3-1)14-11-6-8-16-9-7-11/h4-5,11H,1-3,6-9H2,(H,14,15). The number of nitrogens with zero attached hydrogens (tertiary/aromatic N) is 1. The maximum atomic E-state index is 5.35. The van der Waals surface area contributed by atoms with Crippen LogP contribution in [-0.4, -0.2) is 24.2 Å². The maximum absolute atomic E-state index is 5.35. The molecule has 1 saturated heterocycles. The lowest BCUT2D eigenvalue weighted by molar-refractivity contribution is 0.0904. The van der Waals surface area contributed by atoms with Crippen molar-refractivity contribution in [3.8, 4) is 0 Å². The van der Waals surface area contributed by atoms with Crippen molar-refractivity contribution in [2.75, 3.05) is 18.5 Å². The molecule has 0 bridgehead atoms. The van der Waals surface area contributed by atoms with Gasteiger partial charge in [0.15, 0.2) is 0 Å². The highest BCUT2D eigenvalue weighted by Crippen LogP contribution is 2.22. The summed E-state index contributed by atoms with van der Waals surface area (Å²) in [4.78, 5) is 4.70. The fraction of sp³-hybridized carbons (Fsp3) is 0.615. The molecule has 3 nitrogen and oxygen atoms in total. The van der Waals surface area contributed by atoms with Crippen molar-refractivity contribution in [2.24, 2.45) is 0 Å². The first-order chi connectivity index (χ1) is 7.92. The van der Waals surface area contributed by atoms with Crippen molar-refractivity contribution in [3.05, 3.63) is 23.4 Å². The van der Waals surface area contributed by atoms with Gasteiger partial charge in [-0.2, -0.15) is 0 Å². The third-order valence-corrected chi connectivity index (χ3v) is 3.50. The van der Waals surface area contributed by atoms with E-state index in [1.165, 1.54) is 24.1 Å². The van der Waals surface area contributed by atoms with Gasteiger partial charge in [0.05, 0.1) is 0 Å². The van der Waals surface area contributed by atoms with Crippen molar-refractivity contribution in [1.82, 2.24) is 4.98 Å². The molecular weight excluding hydrogens is 200 g/mol. The molecule has 1 aromatic heterocycles. The van der Waals surface area contributed by atoms with Gasteiger partial charge in [0.2, 0.25) is 0 Å². The van der Waals surface area contributed by atoms with E-state index in [-0.39, 0.29) is 0 Å². The molecule has 0 amide bonds. The summed E-state index contributed by atoms with van der Waals surface area (Å²) < 4.78 is 5.35. The first kappa shape index (κ1) is 10.1. The number of aromatic nitrogens is 1. The molecule has 0 aromatic carbocycles. The molecule has 2 heterocycles. The van der Waals surface area contributed by atoms with E-state index in [0.29, 0.717) is 6.04 Å². The summed E-state index contributed by atoms with van der Waals surface area (Å²) in [5.41, 5.74) is 2.74. The highest BCUT2D eigenvalue weighted by Gasteiger charge is 2.16. The molecule has 1 aliphatic heterocycles. The number of aryl methyl sites for hydroxylation is 2. The summed E-state index contributed by atoms with van der Waals surface area (Å²) in [6.45, 7) is 1.76. The number of fused-ring (bicyclic) bond motifs is 1. The lowest BCUT2D eigenvalue weighted by atomic mass is 10.1. The second-order valence-electron chi connectivity index (χ2n) is 4.69. The Morgan fingerprint density at radius 2 is 2.06 bits per heavy atom. The molecule has 3 heteroatoms. The van der Waals surface area contributed by atoms with Crippen LogP contribution in [0.2, 0.25) is 0 Å². The minimum absolute atomic E-state index is 0.542. The molecule has 3 rings (SSSR count). The zero-order valence-electron chi connectivity index (χ0n) is 9.54. The summed E-state index contributed by atoms with van der Waals surface area (Å²) in [6, 6.07) is 4.90. The zero-order chi connectivity index (χ0) is 10.8. The largest absolute Gasteiger partial charge is 0.381 e. The minimum atomic E-state index is 0.542. The number of pyridine rings is 1. The first-order valence-corrected chi connectivity index (χ1v) is 6.25. The summed E-state index contributed by atoms with van der Waals surface area (Å²) in [7, 11) is 0. The van der Waals surface area contributed by atoms with Crippen LogP contribution in [0.3, 0.4) is 0 Å². The predicted molar refractivity (Wildman–Crippen MR) is 63.7 cm³/mol. The number of hydrogen-bond donors (Lipinski definition) is 1. The molecule has 2 aliphatic rings. The predicted octanol–water partition coefficient (Wildman–Crippen LogP) is 2.16. The fourth-order valence-corrected chi connectivity index (χ4v) is 2.55. The molecule has 1 fully saturated rings. The van der Waals surface area contributed by atoms with E-state index in [4.69, 9.17) is 9.72 Å². The van der Waals surface area contributed by atoms with Crippen LogP contribution in [0.4, 0.5) is 5.82 Å². The molecule has 0 radical (unpaired) electrons. The van der Waals surface area contributed by atoms with Crippen LogP contribution in [0.5, 0.6) is 0 Å². The summed E-state index contributed by atoms with van der Waals surface area (Å²) in [5, 5.41) is 3.52. The molecule has 1 aliphatic carbocycles. The molecule has 86 valence electrons. The van der Waals surface area contributed by atoms with E-state index in [0.717, 1.165) is 38.3 Å². The van der Waals surface area contributed by atoms with Gasteiger partial charge in [-0.25, -0.2) is 4.98 Å². The van der Waals surface area contributed by atoms with Crippen LogP contribution in [0.25, 0.3) is 0 Å². The highest BCUT2D eigenvalue weighted by atomic mass is 16.5. The Morgan fingerprint density at radius 1 is 1.19 bits per heavy atom. The Balaban J connectivity index is 1.69. The van der Waals surface area contributed by atoms with E-state index in [1.807, 2.05) is 0 Å². The van der Waals surface area contributed by atoms with Crippen molar-refractivity contribution in [2.45, 2.75) is 38.1 Å². The van der Waals surface area contributed by atoms with E-state index in [2.05, 4.69) is 17.4 Å². The van der Waals surface area contributed by atoms with Gasteiger partial charge < -0.3 is 10.1 Å². The number of rotatable bonds is 2. The monoisotopic (exact) mass is 218 g/mol. The second kappa shape index (κ2) is 4.42. The number of hydrogen-bond acceptors (Lipinski definition) is 3. The average Bonchev–Trinajstić information content (AvgIpc) is 2.77. The summed E-state index contributed by atoms with van der Waals surface area (Å²) >= 11 is 0. The van der Waals surface area contributed by atoms with Crippen LogP contribution in [-0.2, 0) is 17.6 Å². The van der Waals surface area contributed by atoms with Gasteiger partial charge in [-0.05, 0) is 43.7 Å². The molecule has 16 heavy (non-hydrogen) atoms. The van der Waals surface area contributed by atoms with E-state index < -0.39 is 0 Å². The number of anilines is 1. The van der Waals surface area contributed by atoms with E-state index in [1.54, 1.807) is 0 Å². The quantitative estimate of drug-likeness (QED) is 0.826.